The molecule has 0 radical (unpaired) electrons. The molecule has 24 heavy (non-hydrogen) atoms. The summed E-state index contributed by atoms with van der Waals surface area (Å²) in [6.07, 6.45) is 0.137. The van der Waals surface area contributed by atoms with E-state index in [-0.39, 0.29) is 28.2 Å². The Kier molecular flexibility index (Phi) is 4.95. The molecule has 0 saturated heterocycles. The van der Waals surface area contributed by atoms with Gasteiger partial charge >= 0.3 is 11.6 Å². The Bertz CT molecular complexity index is 930. The molecule has 0 unspecified atom stereocenters. The van der Waals surface area contributed by atoms with Crippen LogP contribution in [0.2, 0.25) is 0 Å². The molecule has 0 saturated carbocycles. The molecule has 0 fully saturated rings. The van der Waals surface area contributed by atoms with Gasteiger partial charge in [0, 0.05) is 5.39 Å². The van der Waals surface area contributed by atoms with Gasteiger partial charge in [-0.05, 0) is 36.6 Å². The van der Waals surface area contributed by atoms with Crippen LogP contribution in [0.3, 0.4) is 0 Å². The first-order valence-corrected chi connectivity index (χ1v) is 8.60. The van der Waals surface area contributed by atoms with Gasteiger partial charge in [0.25, 0.3) is 0 Å². The molecule has 0 spiro atoms. The summed E-state index contributed by atoms with van der Waals surface area (Å²) in [7, 11) is -4.10. The van der Waals surface area contributed by atoms with Gasteiger partial charge in [-0.3, -0.25) is 4.79 Å². The molecule has 130 valence electrons. The molecule has 0 aliphatic heterocycles. The molecule has 0 aliphatic carbocycles. The molecule has 1 atom stereocenters. The molecule has 3 N–H and O–H groups in total. The van der Waals surface area contributed by atoms with E-state index in [1.165, 1.54) is 18.2 Å². The van der Waals surface area contributed by atoms with Gasteiger partial charge in [0.05, 0.1) is 4.90 Å². The molecular weight excluding hydrogens is 338 g/mol. The predicted molar refractivity (Wildman–Crippen MR) is 85.3 cm³/mol. The van der Waals surface area contributed by atoms with Gasteiger partial charge in [-0.25, -0.2) is 13.2 Å². The van der Waals surface area contributed by atoms with Crippen LogP contribution >= 0.6 is 0 Å². The summed E-state index contributed by atoms with van der Waals surface area (Å²) >= 11 is 0. The van der Waals surface area contributed by atoms with Gasteiger partial charge in [0.15, 0.2) is 0 Å². The lowest BCUT2D eigenvalue weighted by atomic mass is 10.1. The van der Waals surface area contributed by atoms with Crippen molar-refractivity contribution in [3.05, 3.63) is 34.7 Å². The van der Waals surface area contributed by atoms with Crippen molar-refractivity contribution >= 4 is 27.0 Å². The molecule has 2 aromatic rings. The van der Waals surface area contributed by atoms with E-state index >= 15 is 0 Å². The van der Waals surface area contributed by atoms with Crippen LogP contribution in [0.15, 0.2) is 38.4 Å². The largest absolute Gasteiger partial charge is 0.502 e. The van der Waals surface area contributed by atoms with Crippen LogP contribution in [-0.4, -0.2) is 30.6 Å². The summed E-state index contributed by atoms with van der Waals surface area (Å²) in [5, 5.41) is 18.7. The third-order valence-corrected chi connectivity index (χ3v) is 4.77. The van der Waals surface area contributed by atoms with Gasteiger partial charge in [-0.1, -0.05) is 13.8 Å². The van der Waals surface area contributed by atoms with E-state index in [9.17, 15) is 23.1 Å². The highest BCUT2D eigenvalue weighted by Gasteiger charge is 2.26. The van der Waals surface area contributed by atoms with Crippen molar-refractivity contribution in [2.75, 3.05) is 0 Å². The van der Waals surface area contributed by atoms with Crippen molar-refractivity contribution < 1.29 is 27.8 Å². The standard InChI is InChI=1S/C15H17NO7S/c1-8(2)5-11(14(18)19)16-24(21,22)10-3-4-13-9(6-10)7-12(17)15(20)23-13/h3-4,6-8,11,16-17H,5H2,1-2H3,(H,18,19)/t11-/m0/s1. The Balaban J connectivity index is 2.41. The first-order valence-electron chi connectivity index (χ1n) is 7.12. The molecule has 0 aliphatic rings. The fourth-order valence-electron chi connectivity index (χ4n) is 2.18. The van der Waals surface area contributed by atoms with Crippen molar-refractivity contribution in [1.82, 2.24) is 4.72 Å². The number of aromatic hydroxyl groups is 1. The molecular formula is C15H17NO7S. The molecule has 9 heteroatoms. The number of benzene rings is 1. The molecule has 0 bridgehead atoms. The van der Waals surface area contributed by atoms with Gasteiger partial charge < -0.3 is 14.6 Å². The number of sulfonamides is 1. The summed E-state index contributed by atoms with van der Waals surface area (Å²) in [5.74, 6) is -1.93. The number of nitrogens with one attached hydrogen (secondary N) is 1. The lowest BCUT2D eigenvalue weighted by Gasteiger charge is -2.16. The van der Waals surface area contributed by atoms with Crippen molar-refractivity contribution in [3.63, 3.8) is 0 Å². The minimum absolute atomic E-state index is 0.0170. The van der Waals surface area contributed by atoms with Crippen LogP contribution in [-0.2, 0) is 14.8 Å². The fraction of sp³-hybridized carbons (Fsp3) is 0.333. The highest BCUT2D eigenvalue weighted by molar-refractivity contribution is 7.89. The van der Waals surface area contributed by atoms with E-state index in [4.69, 9.17) is 9.52 Å². The first kappa shape index (κ1) is 18.0. The molecule has 8 nitrogen and oxygen atoms in total. The number of carboxylic acid groups (broad SMARTS) is 1. The third kappa shape index (κ3) is 3.92. The van der Waals surface area contributed by atoms with Crippen LogP contribution in [0.5, 0.6) is 5.75 Å². The van der Waals surface area contributed by atoms with Gasteiger partial charge in [0.1, 0.15) is 11.6 Å². The molecule has 2 rings (SSSR count). The van der Waals surface area contributed by atoms with Crippen LogP contribution in [0, 0.1) is 5.92 Å². The van der Waals surface area contributed by atoms with E-state index in [0.717, 1.165) is 6.07 Å². The van der Waals surface area contributed by atoms with Crippen molar-refractivity contribution in [1.29, 1.82) is 0 Å². The molecule has 1 heterocycles. The minimum Gasteiger partial charge on any atom is -0.502 e. The maximum absolute atomic E-state index is 12.4. The topological polar surface area (TPSA) is 134 Å². The Labute approximate surface area is 137 Å². The van der Waals surface area contributed by atoms with E-state index in [2.05, 4.69) is 4.72 Å². The van der Waals surface area contributed by atoms with Gasteiger partial charge in [0.2, 0.25) is 15.8 Å². The van der Waals surface area contributed by atoms with Gasteiger partial charge in [-0.15, -0.1) is 0 Å². The maximum atomic E-state index is 12.4. The number of hydrogen-bond donors (Lipinski definition) is 3. The number of aliphatic carboxylic acids is 1. The van der Waals surface area contributed by atoms with Crippen molar-refractivity contribution in [2.45, 2.75) is 31.2 Å². The number of rotatable bonds is 6. The summed E-state index contributed by atoms with van der Waals surface area (Å²) < 4.78 is 31.8. The number of carbonyl (C=O) groups is 1. The van der Waals surface area contributed by atoms with E-state index in [0.29, 0.717) is 0 Å². The van der Waals surface area contributed by atoms with Crippen LogP contribution in [0.25, 0.3) is 11.0 Å². The zero-order valence-electron chi connectivity index (χ0n) is 13.0. The van der Waals surface area contributed by atoms with Crippen LogP contribution in [0.1, 0.15) is 20.3 Å². The second-order valence-electron chi connectivity index (χ2n) is 5.76. The van der Waals surface area contributed by atoms with Crippen molar-refractivity contribution in [3.8, 4) is 5.75 Å². The summed E-state index contributed by atoms with van der Waals surface area (Å²) in [6.45, 7) is 3.57. The number of hydrogen-bond acceptors (Lipinski definition) is 6. The quantitative estimate of drug-likeness (QED) is 0.664. The Hall–Kier alpha value is -2.39. The highest BCUT2D eigenvalue weighted by Crippen LogP contribution is 2.21. The Morgan fingerprint density at radius 1 is 1.29 bits per heavy atom. The summed E-state index contributed by atoms with van der Waals surface area (Å²) in [6, 6.07) is 3.48. The predicted octanol–water partition coefficient (Wildman–Crippen LogP) is 1.28. The maximum Gasteiger partial charge on any atom is 0.378 e. The second-order valence-corrected chi connectivity index (χ2v) is 7.47. The minimum atomic E-state index is -4.10. The summed E-state index contributed by atoms with van der Waals surface area (Å²) in [5.41, 5.74) is -0.826. The molecule has 1 aromatic carbocycles. The second kappa shape index (κ2) is 6.62. The smallest absolute Gasteiger partial charge is 0.378 e. The SMILES string of the molecule is CC(C)C[C@H](NS(=O)(=O)c1ccc2oc(=O)c(O)cc2c1)C(=O)O. The van der Waals surface area contributed by atoms with Crippen molar-refractivity contribution in [2.24, 2.45) is 5.92 Å². The zero-order valence-corrected chi connectivity index (χ0v) is 13.8. The average molecular weight is 355 g/mol. The van der Waals surface area contributed by atoms with E-state index in [1.807, 2.05) is 0 Å². The Morgan fingerprint density at radius 2 is 1.96 bits per heavy atom. The fourth-order valence-corrected chi connectivity index (χ4v) is 3.42. The summed E-state index contributed by atoms with van der Waals surface area (Å²) in [4.78, 5) is 22.3. The first-order chi connectivity index (χ1) is 11.1. The van der Waals surface area contributed by atoms with Crippen LogP contribution in [0.4, 0.5) is 0 Å². The van der Waals surface area contributed by atoms with Gasteiger partial charge in [-0.2, -0.15) is 4.72 Å². The zero-order chi connectivity index (χ0) is 18.1. The molecule has 0 amide bonds. The normalized spacial score (nSPS) is 13.3. The lowest BCUT2D eigenvalue weighted by molar-refractivity contribution is -0.139. The Morgan fingerprint density at radius 3 is 2.54 bits per heavy atom. The van der Waals surface area contributed by atoms with E-state index in [1.54, 1.807) is 13.8 Å². The number of fused-ring (bicyclic) bond motifs is 1. The van der Waals surface area contributed by atoms with E-state index < -0.39 is 33.4 Å². The monoisotopic (exact) mass is 355 g/mol. The van der Waals surface area contributed by atoms with Crippen LogP contribution < -0.4 is 10.3 Å². The lowest BCUT2D eigenvalue weighted by Crippen LogP contribution is -2.41. The highest BCUT2D eigenvalue weighted by atomic mass is 32.2. The average Bonchev–Trinajstić information content (AvgIpc) is 2.46. The number of carboxylic acids is 1. The third-order valence-electron chi connectivity index (χ3n) is 3.30. The molecule has 1 aromatic heterocycles.